The molecule has 0 aromatic heterocycles. The van der Waals surface area contributed by atoms with Gasteiger partial charge in [-0.2, -0.15) is 0 Å². The molecule has 106 valence electrons. The highest BCUT2D eigenvalue weighted by molar-refractivity contribution is 7.80. The van der Waals surface area contributed by atoms with Gasteiger partial charge in [0.1, 0.15) is 11.5 Å². The molecule has 0 spiro atoms. The Kier molecular flexibility index (Phi) is 6.38. The first-order chi connectivity index (χ1) is 9.06. The topological polar surface area (TPSA) is 47.0 Å². The van der Waals surface area contributed by atoms with Gasteiger partial charge in [0.15, 0.2) is 5.11 Å². The van der Waals surface area contributed by atoms with Crippen molar-refractivity contribution in [2.75, 3.05) is 46.7 Å². The van der Waals surface area contributed by atoms with Crippen molar-refractivity contribution in [1.82, 2.24) is 5.32 Å². The van der Waals surface area contributed by atoms with Crippen LogP contribution in [-0.2, 0) is 0 Å². The van der Waals surface area contributed by atoms with Gasteiger partial charge in [0.25, 0.3) is 0 Å². The molecule has 0 saturated carbocycles. The number of nitrogens with one attached hydrogen (secondary N) is 3. The first kappa shape index (κ1) is 15.5. The molecule has 0 unspecified atom stereocenters. The molecule has 0 aliphatic heterocycles. The van der Waals surface area contributed by atoms with Crippen molar-refractivity contribution in [3.8, 4) is 11.5 Å². The molecule has 3 N–H and O–H groups in total. The smallest absolute Gasteiger partial charge is 0.171 e. The first-order valence-corrected chi connectivity index (χ1v) is 6.53. The van der Waals surface area contributed by atoms with E-state index in [0.29, 0.717) is 5.11 Å². The van der Waals surface area contributed by atoms with Crippen LogP contribution in [0, 0.1) is 0 Å². The zero-order chi connectivity index (χ0) is 14.3. The number of hydrogen-bond donors (Lipinski definition) is 3. The molecule has 0 atom stereocenters. The van der Waals surface area contributed by atoms with Gasteiger partial charge in [-0.15, -0.1) is 0 Å². The molecule has 6 heteroatoms. The molecule has 1 aromatic rings. The van der Waals surface area contributed by atoms with E-state index in [4.69, 9.17) is 21.7 Å². The van der Waals surface area contributed by atoms with Crippen LogP contribution in [0.1, 0.15) is 0 Å². The molecule has 0 fully saturated rings. The van der Waals surface area contributed by atoms with Crippen LogP contribution < -0.4 is 25.0 Å². The van der Waals surface area contributed by atoms with Gasteiger partial charge in [-0.1, -0.05) is 0 Å². The van der Waals surface area contributed by atoms with Crippen molar-refractivity contribution in [1.29, 1.82) is 0 Å². The van der Waals surface area contributed by atoms with Crippen molar-refractivity contribution in [3.63, 3.8) is 0 Å². The second kappa shape index (κ2) is 7.81. The average Bonchev–Trinajstić information content (AvgIpc) is 2.38. The van der Waals surface area contributed by atoms with E-state index in [-0.39, 0.29) is 0 Å². The number of quaternary nitrogens is 1. The second-order valence-electron chi connectivity index (χ2n) is 4.40. The first-order valence-electron chi connectivity index (χ1n) is 6.12. The van der Waals surface area contributed by atoms with Crippen LogP contribution in [0.25, 0.3) is 0 Å². The summed E-state index contributed by atoms with van der Waals surface area (Å²) in [6, 6.07) is 5.54. The predicted octanol–water partition coefficient (Wildman–Crippen LogP) is 0.135. The summed E-state index contributed by atoms with van der Waals surface area (Å²) in [4.78, 5) is 1.37. The van der Waals surface area contributed by atoms with Crippen LogP contribution >= 0.6 is 12.2 Å². The summed E-state index contributed by atoms with van der Waals surface area (Å²) in [5.74, 6) is 1.48. The van der Waals surface area contributed by atoms with Crippen LogP contribution in [0.15, 0.2) is 18.2 Å². The maximum Gasteiger partial charge on any atom is 0.171 e. The largest absolute Gasteiger partial charge is 0.497 e. The summed E-state index contributed by atoms with van der Waals surface area (Å²) in [5, 5.41) is 6.85. The highest BCUT2D eigenvalue weighted by Gasteiger charge is 2.06. The van der Waals surface area contributed by atoms with Gasteiger partial charge < -0.3 is 25.0 Å². The minimum Gasteiger partial charge on any atom is -0.497 e. The third kappa shape index (κ3) is 5.32. The SMILES string of the molecule is COc1ccc(OC)c(NC(=S)NCC[NH+](C)C)c1. The molecule has 1 rings (SSSR count). The molecule has 0 aliphatic rings. The Morgan fingerprint density at radius 3 is 2.58 bits per heavy atom. The summed E-state index contributed by atoms with van der Waals surface area (Å²) < 4.78 is 10.5. The van der Waals surface area contributed by atoms with Crippen LogP contribution in [0.5, 0.6) is 11.5 Å². The third-order valence-corrected chi connectivity index (χ3v) is 2.81. The molecule has 1 aromatic carbocycles. The maximum atomic E-state index is 5.28. The van der Waals surface area contributed by atoms with E-state index in [1.807, 2.05) is 18.2 Å². The lowest BCUT2D eigenvalue weighted by molar-refractivity contribution is -0.856. The minimum atomic E-state index is 0.577. The molecule has 5 nitrogen and oxygen atoms in total. The van der Waals surface area contributed by atoms with Gasteiger partial charge in [0.2, 0.25) is 0 Å². The predicted molar refractivity (Wildman–Crippen MR) is 81.4 cm³/mol. The van der Waals surface area contributed by atoms with Gasteiger partial charge in [-0.25, -0.2) is 0 Å². The fourth-order valence-corrected chi connectivity index (χ4v) is 1.72. The van der Waals surface area contributed by atoms with E-state index in [0.717, 1.165) is 30.3 Å². The standard InChI is InChI=1S/C13H21N3O2S/c1-16(2)8-7-14-13(19)15-11-9-10(17-3)5-6-12(11)18-4/h5-6,9H,7-8H2,1-4H3,(H2,14,15,19)/p+1. The maximum absolute atomic E-state index is 5.28. The monoisotopic (exact) mass is 284 g/mol. The van der Waals surface area contributed by atoms with Gasteiger partial charge in [0, 0.05) is 6.07 Å². The lowest BCUT2D eigenvalue weighted by atomic mass is 10.2. The summed E-state index contributed by atoms with van der Waals surface area (Å²) in [6.07, 6.45) is 0. The third-order valence-electron chi connectivity index (χ3n) is 2.57. The van der Waals surface area contributed by atoms with E-state index in [9.17, 15) is 0 Å². The Balaban J connectivity index is 2.61. The van der Waals surface area contributed by atoms with E-state index in [1.54, 1.807) is 14.2 Å². The van der Waals surface area contributed by atoms with Crippen molar-refractivity contribution in [2.24, 2.45) is 0 Å². The zero-order valence-electron chi connectivity index (χ0n) is 11.9. The van der Waals surface area contributed by atoms with Crippen molar-refractivity contribution in [3.05, 3.63) is 18.2 Å². The van der Waals surface area contributed by atoms with Gasteiger partial charge in [-0.05, 0) is 24.4 Å². The second-order valence-corrected chi connectivity index (χ2v) is 4.81. The molecule has 19 heavy (non-hydrogen) atoms. The quantitative estimate of drug-likeness (QED) is 0.649. The summed E-state index contributed by atoms with van der Waals surface area (Å²) in [5.41, 5.74) is 0.788. The van der Waals surface area contributed by atoms with E-state index in [1.165, 1.54) is 4.90 Å². The van der Waals surface area contributed by atoms with Crippen molar-refractivity contribution >= 4 is 23.0 Å². The number of thiocarbonyl (C=S) groups is 1. The Labute approximate surface area is 119 Å². The van der Waals surface area contributed by atoms with Gasteiger partial charge >= 0.3 is 0 Å². The van der Waals surface area contributed by atoms with E-state index < -0.39 is 0 Å². The normalized spacial score (nSPS) is 10.2. The van der Waals surface area contributed by atoms with Crippen LogP contribution in [-0.4, -0.2) is 46.5 Å². The molecule has 0 heterocycles. The number of anilines is 1. The van der Waals surface area contributed by atoms with Crippen LogP contribution in [0.2, 0.25) is 0 Å². The Hall–Kier alpha value is -1.53. The molecule has 0 saturated heterocycles. The summed E-state index contributed by atoms with van der Waals surface area (Å²) >= 11 is 5.25. The Morgan fingerprint density at radius 2 is 2.00 bits per heavy atom. The Morgan fingerprint density at radius 1 is 1.26 bits per heavy atom. The van der Waals surface area contributed by atoms with Crippen molar-refractivity contribution in [2.45, 2.75) is 0 Å². The Bertz CT molecular complexity index is 424. The number of methoxy groups -OCH3 is 2. The van der Waals surface area contributed by atoms with E-state index >= 15 is 0 Å². The number of ether oxygens (including phenoxy) is 2. The highest BCUT2D eigenvalue weighted by atomic mass is 32.1. The molecular formula is C13H22N3O2S+. The zero-order valence-corrected chi connectivity index (χ0v) is 12.7. The van der Waals surface area contributed by atoms with Crippen molar-refractivity contribution < 1.29 is 14.4 Å². The average molecular weight is 284 g/mol. The van der Waals surface area contributed by atoms with Gasteiger partial charge in [0.05, 0.1) is 47.1 Å². The molecular weight excluding hydrogens is 262 g/mol. The summed E-state index contributed by atoms with van der Waals surface area (Å²) in [7, 11) is 7.45. The fourth-order valence-electron chi connectivity index (χ4n) is 1.50. The molecule has 0 radical (unpaired) electrons. The molecule has 0 bridgehead atoms. The number of likely N-dealkylation sites (N-methyl/N-ethyl adjacent to an activating group) is 1. The lowest BCUT2D eigenvalue weighted by Gasteiger charge is -2.15. The molecule has 0 amide bonds. The fraction of sp³-hybridized carbons (Fsp3) is 0.462. The van der Waals surface area contributed by atoms with Crippen LogP contribution in [0.3, 0.4) is 0 Å². The number of benzene rings is 1. The summed E-state index contributed by atoms with van der Waals surface area (Å²) in [6.45, 7) is 1.82. The number of hydrogen-bond acceptors (Lipinski definition) is 3. The van der Waals surface area contributed by atoms with E-state index in [2.05, 4.69) is 24.7 Å². The molecule has 0 aliphatic carbocycles. The highest BCUT2D eigenvalue weighted by Crippen LogP contribution is 2.28. The number of rotatable bonds is 6. The van der Waals surface area contributed by atoms with Crippen LogP contribution in [0.4, 0.5) is 5.69 Å². The minimum absolute atomic E-state index is 0.577. The lowest BCUT2D eigenvalue weighted by Crippen LogP contribution is -3.06. The van der Waals surface area contributed by atoms with Gasteiger partial charge in [-0.3, -0.25) is 0 Å².